The molecule has 2 aromatic heterocycles. The SMILES string of the molecule is CC(C)(C)c1ccc(N2B3c4ccc5oc6ccccc6c5c4N(c4ccc(C(C)(C)C)cc4-c4ccccc4)c4cc5c(oc6ccccc65)c(c43)-c3ccc(C(C)(C)C)cc32)cc1. The first-order valence-corrected chi connectivity index (χ1v) is 23.1. The Morgan fingerprint density at radius 1 is 0.446 bits per heavy atom. The van der Waals surface area contributed by atoms with Crippen LogP contribution in [0.1, 0.15) is 79.0 Å². The highest BCUT2D eigenvalue weighted by Crippen LogP contribution is 2.54. The molecule has 0 fully saturated rings. The van der Waals surface area contributed by atoms with Crippen LogP contribution < -0.4 is 20.6 Å². The van der Waals surface area contributed by atoms with Crippen LogP contribution in [-0.4, -0.2) is 6.85 Å². The molecule has 0 saturated heterocycles. The van der Waals surface area contributed by atoms with E-state index in [1.807, 2.05) is 0 Å². The monoisotopic (exact) mass is 844 g/mol. The lowest BCUT2D eigenvalue weighted by molar-refractivity contribution is 0.590. The van der Waals surface area contributed by atoms with Gasteiger partial charge in [0.05, 0.1) is 16.8 Å². The van der Waals surface area contributed by atoms with Gasteiger partial charge in [-0.25, -0.2) is 0 Å². The molecule has 0 radical (unpaired) electrons. The second-order valence-electron chi connectivity index (χ2n) is 21.4. The number of para-hydroxylation sites is 2. The molecule has 0 saturated carbocycles. The van der Waals surface area contributed by atoms with Crippen LogP contribution in [-0.2, 0) is 16.2 Å². The van der Waals surface area contributed by atoms with Gasteiger partial charge in [-0.2, -0.15) is 0 Å². The van der Waals surface area contributed by atoms with Gasteiger partial charge in [0.25, 0.3) is 0 Å². The van der Waals surface area contributed by atoms with Gasteiger partial charge in [0.15, 0.2) is 0 Å². The summed E-state index contributed by atoms with van der Waals surface area (Å²) in [5, 5.41) is 4.42. The molecule has 65 heavy (non-hydrogen) atoms. The van der Waals surface area contributed by atoms with Gasteiger partial charge in [-0.05, 0) is 104 Å². The van der Waals surface area contributed by atoms with Gasteiger partial charge >= 0.3 is 6.85 Å². The number of anilines is 5. The largest absolute Gasteiger partial charge is 0.456 e. The van der Waals surface area contributed by atoms with Crippen LogP contribution in [0.4, 0.5) is 28.4 Å². The third-order valence-corrected chi connectivity index (χ3v) is 14.1. The molecule has 318 valence electrons. The summed E-state index contributed by atoms with van der Waals surface area (Å²) in [4.78, 5) is 5.21. The summed E-state index contributed by atoms with van der Waals surface area (Å²) in [6, 6.07) is 58.6. The quantitative estimate of drug-likeness (QED) is 0.166. The van der Waals surface area contributed by atoms with E-state index in [0.29, 0.717) is 0 Å². The van der Waals surface area contributed by atoms with Crippen molar-refractivity contribution < 1.29 is 8.83 Å². The Kier molecular flexibility index (Phi) is 8.39. The molecule has 0 atom stereocenters. The van der Waals surface area contributed by atoms with Crippen LogP contribution in [0.15, 0.2) is 167 Å². The first kappa shape index (κ1) is 39.6. The minimum Gasteiger partial charge on any atom is -0.456 e. The van der Waals surface area contributed by atoms with E-state index in [1.165, 1.54) is 50.0 Å². The smallest absolute Gasteiger partial charge is 0.333 e. The van der Waals surface area contributed by atoms with E-state index in [1.54, 1.807) is 0 Å². The highest BCUT2D eigenvalue weighted by Gasteiger charge is 2.48. The minimum atomic E-state index is -0.223. The molecule has 0 amide bonds. The van der Waals surface area contributed by atoms with Gasteiger partial charge in [0, 0.05) is 49.9 Å². The second kappa shape index (κ2) is 13.8. The molecule has 4 nitrogen and oxygen atoms in total. The van der Waals surface area contributed by atoms with Crippen LogP contribution in [0.3, 0.4) is 0 Å². The lowest BCUT2D eigenvalue weighted by atomic mass is 9.43. The maximum Gasteiger partial charge on any atom is 0.333 e. The zero-order valence-corrected chi connectivity index (χ0v) is 38.8. The highest BCUT2D eigenvalue weighted by atomic mass is 16.3. The van der Waals surface area contributed by atoms with E-state index < -0.39 is 0 Å². The lowest BCUT2D eigenvalue weighted by Gasteiger charge is -2.46. The first-order valence-electron chi connectivity index (χ1n) is 23.1. The van der Waals surface area contributed by atoms with Crippen molar-refractivity contribution in [2.24, 2.45) is 0 Å². The van der Waals surface area contributed by atoms with Crippen LogP contribution in [0.5, 0.6) is 0 Å². The Morgan fingerprint density at radius 2 is 1.06 bits per heavy atom. The van der Waals surface area contributed by atoms with Crippen molar-refractivity contribution in [2.75, 3.05) is 9.71 Å². The van der Waals surface area contributed by atoms with Gasteiger partial charge < -0.3 is 18.5 Å². The van der Waals surface area contributed by atoms with Crippen LogP contribution in [0.25, 0.3) is 66.1 Å². The number of hydrogen-bond acceptors (Lipinski definition) is 4. The zero-order chi connectivity index (χ0) is 44.7. The van der Waals surface area contributed by atoms with Gasteiger partial charge in [0.2, 0.25) is 0 Å². The fraction of sp³-hybridized carbons (Fsp3) is 0.200. The minimum absolute atomic E-state index is 0.00922. The molecule has 0 N–H and O–H groups in total. The Balaban J connectivity index is 1.29. The van der Waals surface area contributed by atoms with E-state index in [0.717, 1.165) is 72.2 Å². The molecule has 5 heteroatoms. The molecule has 0 unspecified atom stereocenters. The molecular weight excluding hydrogens is 791 g/mol. The Hall–Kier alpha value is -6.98. The number of furan rings is 2. The van der Waals surface area contributed by atoms with E-state index in [-0.39, 0.29) is 23.1 Å². The van der Waals surface area contributed by atoms with Crippen molar-refractivity contribution in [3.8, 4) is 22.3 Å². The third kappa shape index (κ3) is 5.97. The van der Waals surface area contributed by atoms with Crippen molar-refractivity contribution in [3.05, 3.63) is 174 Å². The lowest BCUT2D eigenvalue weighted by Crippen LogP contribution is -2.61. The summed E-state index contributed by atoms with van der Waals surface area (Å²) < 4.78 is 13.9. The summed E-state index contributed by atoms with van der Waals surface area (Å²) in [5.41, 5.74) is 20.1. The van der Waals surface area contributed by atoms with E-state index in [4.69, 9.17) is 8.83 Å². The maximum absolute atomic E-state index is 7.11. The Morgan fingerprint density at radius 3 is 1.77 bits per heavy atom. The van der Waals surface area contributed by atoms with Crippen molar-refractivity contribution in [1.29, 1.82) is 0 Å². The molecule has 8 aromatic carbocycles. The standard InChI is InChI=1S/C60H53BN2O2/c1-58(2,3)37-23-27-40(28-24-37)63-48-34-39(60(7,8)9)25-29-42(48)54-55-49(35-45-41-19-13-15-21-50(41)65-57(45)54)62(47-31-26-38(59(4,5)6)33-44(47)36-17-11-10-12-18-36)56-46(61(55)63)30-32-52-53(56)43-20-14-16-22-51(43)64-52/h10-35H,1-9H3. The van der Waals surface area contributed by atoms with Crippen molar-refractivity contribution >= 4 is 90.1 Å². The zero-order valence-electron chi connectivity index (χ0n) is 38.8. The van der Waals surface area contributed by atoms with Gasteiger partial charge in [0.1, 0.15) is 22.3 Å². The number of hydrogen-bond donors (Lipinski definition) is 0. The van der Waals surface area contributed by atoms with Crippen LogP contribution in [0.2, 0.25) is 0 Å². The van der Waals surface area contributed by atoms with Crippen LogP contribution >= 0.6 is 0 Å². The van der Waals surface area contributed by atoms with Crippen LogP contribution in [0, 0.1) is 0 Å². The van der Waals surface area contributed by atoms with Gasteiger partial charge in [-0.3, -0.25) is 0 Å². The molecular formula is C60H53BN2O2. The molecule has 4 heterocycles. The van der Waals surface area contributed by atoms with Gasteiger partial charge in [-0.15, -0.1) is 0 Å². The number of fused-ring (bicyclic) bond motifs is 12. The third-order valence-electron chi connectivity index (χ3n) is 14.1. The Labute approximate surface area is 382 Å². The summed E-state index contributed by atoms with van der Waals surface area (Å²) in [5.74, 6) is 0. The number of nitrogens with zero attached hydrogens (tertiary/aromatic N) is 2. The molecule has 2 aliphatic heterocycles. The number of benzene rings is 8. The molecule has 12 rings (SSSR count). The summed E-state index contributed by atoms with van der Waals surface area (Å²) >= 11 is 0. The van der Waals surface area contributed by atoms with Crippen molar-refractivity contribution in [1.82, 2.24) is 0 Å². The van der Waals surface area contributed by atoms with E-state index in [9.17, 15) is 0 Å². The highest BCUT2D eigenvalue weighted by molar-refractivity contribution is 6.94. The summed E-state index contributed by atoms with van der Waals surface area (Å²) in [6.45, 7) is 20.5. The summed E-state index contributed by atoms with van der Waals surface area (Å²) in [7, 11) is 0. The van der Waals surface area contributed by atoms with Crippen molar-refractivity contribution in [3.63, 3.8) is 0 Å². The average molecular weight is 845 g/mol. The van der Waals surface area contributed by atoms with E-state index in [2.05, 4.69) is 230 Å². The number of rotatable bonds is 3. The molecule has 2 aliphatic rings. The van der Waals surface area contributed by atoms with Crippen molar-refractivity contribution in [2.45, 2.75) is 78.6 Å². The van der Waals surface area contributed by atoms with Gasteiger partial charge in [-0.1, -0.05) is 165 Å². The molecule has 0 bridgehead atoms. The summed E-state index contributed by atoms with van der Waals surface area (Å²) in [6.07, 6.45) is 0. The Bertz CT molecular complexity index is 3560. The maximum atomic E-state index is 7.11. The predicted molar refractivity (Wildman–Crippen MR) is 276 cm³/mol. The molecule has 10 aromatic rings. The predicted octanol–water partition coefficient (Wildman–Crippen LogP) is 15.8. The van der Waals surface area contributed by atoms with E-state index >= 15 is 0 Å². The fourth-order valence-electron chi connectivity index (χ4n) is 10.7. The topological polar surface area (TPSA) is 32.8 Å². The fourth-order valence-corrected chi connectivity index (χ4v) is 10.7. The molecule has 0 spiro atoms. The normalized spacial score (nSPS) is 13.8. The first-order chi connectivity index (χ1) is 31.1. The second-order valence-corrected chi connectivity index (χ2v) is 21.4. The average Bonchev–Trinajstić information content (AvgIpc) is 3.86. The molecule has 0 aliphatic carbocycles.